The Balaban J connectivity index is 2.08. The Kier molecular flexibility index (Phi) is 11.2. The number of Topliss-reactive ketones (excluding diaryl/α,β-unsaturated/α-hetero) is 1. The monoisotopic (exact) mass is 634 g/mol. The van der Waals surface area contributed by atoms with Gasteiger partial charge in [-0.05, 0) is 58.6 Å². The Hall–Kier alpha value is -2.18. The first-order valence-corrected chi connectivity index (χ1v) is 16.0. The second-order valence-corrected chi connectivity index (χ2v) is 14.0. The number of esters is 1. The molecule has 1 saturated carbocycles. The highest BCUT2D eigenvalue weighted by Crippen LogP contribution is 2.59. The number of hydrogen-bond donors (Lipinski definition) is 5. The van der Waals surface area contributed by atoms with Gasteiger partial charge in [-0.3, -0.25) is 9.59 Å². The van der Waals surface area contributed by atoms with Crippen molar-refractivity contribution in [2.75, 3.05) is 6.61 Å². The highest BCUT2D eigenvalue weighted by Gasteiger charge is 2.77. The fourth-order valence-electron chi connectivity index (χ4n) is 7.30. The average Bonchev–Trinajstić information content (AvgIpc) is 3.63. The molecule has 3 rings (SSSR count). The van der Waals surface area contributed by atoms with Gasteiger partial charge >= 0.3 is 5.97 Å². The van der Waals surface area contributed by atoms with Gasteiger partial charge in [0.15, 0.2) is 11.4 Å². The summed E-state index contributed by atoms with van der Waals surface area (Å²) < 4.78 is 18.5. The number of rotatable bonds is 14. The van der Waals surface area contributed by atoms with Gasteiger partial charge in [0, 0.05) is 25.2 Å². The van der Waals surface area contributed by atoms with Gasteiger partial charge in [-0.25, -0.2) is 0 Å². The molecule has 3 aliphatic rings. The lowest BCUT2D eigenvalue weighted by Crippen LogP contribution is -2.74. The molecule has 0 aromatic carbocycles. The molecule has 10 heteroatoms. The minimum atomic E-state index is -2.25. The summed E-state index contributed by atoms with van der Waals surface area (Å²) in [6.45, 7) is 16.6. The number of carbonyl (C=O) groups is 2. The highest BCUT2D eigenvalue weighted by atomic mass is 16.6. The lowest BCUT2D eigenvalue weighted by atomic mass is 9.56. The summed E-state index contributed by atoms with van der Waals surface area (Å²) in [6.07, 6.45) is 7.29. The van der Waals surface area contributed by atoms with Gasteiger partial charge in [-0.1, -0.05) is 63.6 Å². The minimum absolute atomic E-state index is 0.118. The van der Waals surface area contributed by atoms with Gasteiger partial charge in [0.25, 0.3) is 0 Å². The van der Waals surface area contributed by atoms with Crippen LogP contribution in [0.4, 0.5) is 0 Å². The van der Waals surface area contributed by atoms with Crippen LogP contribution in [0.3, 0.4) is 0 Å². The van der Waals surface area contributed by atoms with Gasteiger partial charge in [-0.15, -0.1) is 0 Å². The van der Waals surface area contributed by atoms with Crippen LogP contribution in [0, 0.1) is 11.8 Å². The molecule has 2 fully saturated rings. The van der Waals surface area contributed by atoms with Crippen LogP contribution < -0.4 is 0 Å². The first-order chi connectivity index (χ1) is 20.8. The molecule has 0 amide bonds. The van der Waals surface area contributed by atoms with Gasteiger partial charge in [0.05, 0.1) is 23.9 Å². The third kappa shape index (κ3) is 6.66. The molecule has 5 N–H and O–H groups in total. The topological polar surface area (TPSA) is 166 Å². The van der Waals surface area contributed by atoms with Crippen molar-refractivity contribution in [1.82, 2.24) is 0 Å². The highest BCUT2D eigenvalue weighted by molar-refractivity contribution is 6.04. The van der Waals surface area contributed by atoms with E-state index >= 15 is 0 Å². The largest absolute Gasteiger partial charge is 0.459 e. The van der Waals surface area contributed by atoms with E-state index in [2.05, 4.69) is 19.6 Å². The zero-order valence-electron chi connectivity index (χ0n) is 28.1. The maximum atomic E-state index is 12.9. The third-order valence-electron chi connectivity index (χ3n) is 10.2. The van der Waals surface area contributed by atoms with Crippen molar-refractivity contribution in [3.8, 4) is 0 Å². The molecule has 254 valence electrons. The zero-order chi connectivity index (χ0) is 34.2. The molecular weight excluding hydrogens is 580 g/mol. The van der Waals surface area contributed by atoms with E-state index in [1.54, 1.807) is 13.8 Å². The summed E-state index contributed by atoms with van der Waals surface area (Å²) >= 11 is 0. The predicted octanol–water partition coefficient (Wildman–Crippen LogP) is 3.24. The van der Waals surface area contributed by atoms with E-state index < -0.39 is 82.6 Å². The van der Waals surface area contributed by atoms with Crippen molar-refractivity contribution in [1.29, 1.82) is 0 Å². The number of hydrogen-bond acceptors (Lipinski definition) is 10. The fourth-order valence-corrected chi connectivity index (χ4v) is 7.30. The molecular formula is C35H54O10. The molecule has 0 aromatic rings. The van der Waals surface area contributed by atoms with E-state index in [1.807, 2.05) is 32.1 Å². The third-order valence-corrected chi connectivity index (χ3v) is 10.2. The van der Waals surface area contributed by atoms with Crippen LogP contribution in [0.15, 0.2) is 48.1 Å². The molecule has 1 saturated heterocycles. The first kappa shape index (κ1) is 37.3. The van der Waals surface area contributed by atoms with Crippen molar-refractivity contribution < 1.29 is 49.3 Å². The van der Waals surface area contributed by atoms with Crippen molar-refractivity contribution in [2.45, 2.75) is 140 Å². The molecule has 0 spiro atoms. The maximum absolute atomic E-state index is 12.9. The Labute approximate surface area is 267 Å². The number of ketones is 1. The van der Waals surface area contributed by atoms with Crippen LogP contribution in [-0.2, 0) is 23.8 Å². The van der Waals surface area contributed by atoms with E-state index in [0.29, 0.717) is 0 Å². The Morgan fingerprint density at radius 1 is 1.24 bits per heavy atom. The van der Waals surface area contributed by atoms with E-state index in [9.17, 15) is 35.1 Å². The van der Waals surface area contributed by atoms with Gasteiger partial charge in [-0.2, -0.15) is 0 Å². The van der Waals surface area contributed by atoms with Crippen molar-refractivity contribution in [2.24, 2.45) is 11.8 Å². The van der Waals surface area contributed by atoms with Crippen molar-refractivity contribution >= 4 is 11.8 Å². The molecule has 45 heavy (non-hydrogen) atoms. The molecule has 0 radical (unpaired) electrons. The lowest BCUT2D eigenvalue weighted by Gasteiger charge is -2.59. The van der Waals surface area contributed by atoms with Gasteiger partial charge < -0.3 is 39.7 Å². The molecule has 2 aliphatic carbocycles. The van der Waals surface area contributed by atoms with Crippen LogP contribution in [-0.4, -0.2) is 96.3 Å². The standard InChI is InChI=1S/C35H54O10/c1-10-11-12-13-14-15-16-18-31(7,8)45-32(9)23(5)28(43-24(6)37)35(42,21(2)3)27(39)25(32)29-34(20-36,44-29)30(40)33(41)19-17-22(4)26(33)38/h14-18,23,25,27-30,36,39-42H,2,10-13,19-20H2,1,3-9H3/b15-14+,18-16+/t23-,25-,27-,28-,29+,30+,32-,33-,34+,35-/m1/s1. The lowest BCUT2D eigenvalue weighted by molar-refractivity contribution is -0.286. The van der Waals surface area contributed by atoms with Gasteiger partial charge in [0.1, 0.15) is 29.5 Å². The number of epoxide rings is 1. The van der Waals surface area contributed by atoms with Crippen molar-refractivity contribution in [3.63, 3.8) is 0 Å². The fraction of sp³-hybridized carbons (Fsp3) is 0.714. The molecule has 0 unspecified atom stereocenters. The van der Waals surface area contributed by atoms with Crippen molar-refractivity contribution in [3.05, 3.63) is 48.1 Å². The second kappa shape index (κ2) is 13.5. The van der Waals surface area contributed by atoms with Crippen LogP contribution in [0.25, 0.3) is 0 Å². The quantitative estimate of drug-likeness (QED) is 0.0630. The summed E-state index contributed by atoms with van der Waals surface area (Å²) in [5, 5.41) is 57.5. The minimum Gasteiger partial charge on any atom is -0.459 e. The number of unbranched alkanes of at least 4 members (excludes halogenated alkanes) is 3. The zero-order valence-corrected chi connectivity index (χ0v) is 28.1. The SMILES string of the molecule is C=C(C)[C@@]1(O)[C@H](O)[C@H]([C@@H]2O[C@]2(CO)[C@@H](O)[C@@]2(O)CC=C(C)C2=O)[C@](C)(OC(C)(C)/C=C/C=C/CCCCC)[C@H](C)[C@H]1OC(C)=O. The average molecular weight is 635 g/mol. The Morgan fingerprint density at radius 2 is 1.89 bits per heavy atom. The normalized spacial score (nSPS) is 39.4. The summed E-state index contributed by atoms with van der Waals surface area (Å²) in [5.74, 6) is -3.34. The molecule has 1 heterocycles. The molecule has 0 aromatic heterocycles. The van der Waals surface area contributed by atoms with Crippen LogP contribution in [0.5, 0.6) is 0 Å². The van der Waals surface area contributed by atoms with Crippen LogP contribution in [0.1, 0.15) is 87.5 Å². The van der Waals surface area contributed by atoms with E-state index in [4.69, 9.17) is 14.2 Å². The summed E-state index contributed by atoms with van der Waals surface area (Å²) in [6, 6.07) is 0. The molecule has 1 aliphatic heterocycles. The second-order valence-electron chi connectivity index (χ2n) is 14.0. The number of ether oxygens (including phenoxy) is 3. The summed E-state index contributed by atoms with van der Waals surface area (Å²) in [5.41, 5.74) is -8.30. The predicted molar refractivity (Wildman–Crippen MR) is 169 cm³/mol. The Bertz CT molecular complexity index is 1220. The summed E-state index contributed by atoms with van der Waals surface area (Å²) in [4.78, 5) is 25.2. The van der Waals surface area contributed by atoms with Crippen LogP contribution >= 0.6 is 0 Å². The molecule has 10 atom stereocenters. The number of aliphatic hydroxyl groups excluding tert-OH is 3. The van der Waals surface area contributed by atoms with Gasteiger partial charge in [0.2, 0.25) is 0 Å². The van der Waals surface area contributed by atoms with E-state index in [0.717, 1.165) is 25.7 Å². The van der Waals surface area contributed by atoms with Crippen LogP contribution in [0.2, 0.25) is 0 Å². The Morgan fingerprint density at radius 3 is 2.40 bits per heavy atom. The molecule has 10 nitrogen and oxygen atoms in total. The number of aliphatic hydroxyl groups is 5. The smallest absolute Gasteiger partial charge is 0.303 e. The van der Waals surface area contributed by atoms with E-state index in [1.165, 1.54) is 26.8 Å². The summed E-state index contributed by atoms with van der Waals surface area (Å²) in [7, 11) is 0. The number of allylic oxidation sites excluding steroid dienone is 3. The first-order valence-electron chi connectivity index (χ1n) is 16.0. The number of carbonyl (C=O) groups excluding carboxylic acids is 2. The molecule has 0 bridgehead atoms. The van der Waals surface area contributed by atoms with E-state index in [-0.39, 0.29) is 17.6 Å². The maximum Gasteiger partial charge on any atom is 0.303 e.